The van der Waals surface area contributed by atoms with Gasteiger partial charge in [0.1, 0.15) is 17.7 Å². The van der Waals surface area contributed by atoms with Gasteiger partial charge in [0.05, 0.1) is 17.7 Å². The molecule has 0 unspecified atom stereocenters. The Bertz CT molecular complexity index is 1220. The van der Waals surface area contributed by atoms with Crippen LogP contribution in [0.2, 0.25) is 0 Å². The van der Waals surface area contributed by atoms with E-state index in [0.29, 0.717) is 51.1 Å². The fraction of sp³-hybridized carbons (Fsp3) is 0.737. The van der Waals surface area contributed by atoms with Gasteiger partial charge in [0, 0.05) is 32.0 Å². The second-order valence-corrected chi connectivity index (χ2v) is 15.9. The van der Waals surface area contributed by atoms with Gasteiger partial charge < -0.3 is 41.1 Å². The number of urea groups is 1. The third kappa shape index (κ3) is 14.8. The number of ether oxygens (including phenoxy) is 1. The third-order valence-corrected chi connectivity index (χ3v) is 9.42. The largest absolute Gasteiger partial charge is 0.444 e. The average Bonchev–Trinajstić information content (AvgIpc) is 3.03. The molecule has 1 aromatic rings. The van der Waals surface area contributed by atoms with E-state index in [1.807, 2.05) is 37.3 Å². The molecule has 5 amide bonds. The molecule has 6 N–H and O–H groups in total. The number of hydrogen-bond acceptors (Lipinski definition) is 7. The molecule has 50 heavy (non-hydrogen) atoms. The molecule has 12 heteroatoms. The number of nitrogens with zero attached hydrogens (tertiary/aromatic N) is 1. The molecule has 1 saturated heterocycles. The van der Waals surface area contributed by atoms with E-state index in [2.05, 4.69) is 21.3 Å². The van der Waals surface area contributed by atoms with E-state index in [-0.39, 0.29) is 24.8 Å². The zero-order valence-electron chi connectivity index (χ0n) is 31.1. The lowest BCUT2D eigenvalue weighted by Crippen LogP contribution is -2.58. The molecular formula is C38H63N5O7. The second-order valence-electron chi connectivity index (χ2n) is 15.9. The Hall–Kier alpha value is -3.38. The van der Waals surface area contributed by atoms with Gasteiger partial charge in [0.2, 0.25) is 11.8 Å². The topological polar surface area (TPSA) is 169 Å². The van der Waals surface area contributed by atoms with Crippen LogP contribution in [-0.2, 0) is 20.7 Å². The Labute approximate surface area is 298 Å². The molecule has 1 aromatic carbocycles. The summed E-state index contributed by atoms with van der Waals surface area (Å²) in [6.45, 7) is 11.4. The maximum Gasteiger partial charge on any atom is 0.407 e. The average molecular weight is 702 g/mol. The molecule has 1 aliphatic carbocycles. The summed E-state index contributed by atoms with van der Waals surface area (Å²) >= 11 is 0. The van der Waals surface area contributed by atoms with E-state index in [9.17, 15) is 29.4 Å². The van der Waals surface area contributed by atoms with Crippen molar-refractivity contribution in [1.82, 2.24) is 26.2 Å². The van der Waals surface area contributed by atoms with Crippen LogP contribution in [0.15, 0.2) is 30.3 Å². The molecule has 0 spiro atoms. The van der Waals surface area contributed by atoms with Crippen molar-refractivity contribution in [2.75, 3.05) is 13.1 Å². The highest BCUT2D eigenvalue weighted by Gasteiger charge is 2.34. The molecule has 282 valence electrons. The summed E-state index contributed by atoms with van der Waals surface area (Å²) in [5.74, 6) is -0.494. The monoisotopic (exact) mass is 701 g/mol. The van der Waals surface area contributed by atoms with Crippen molar-refractivity contribution in [2.24, 2.45) is 5.92 Å². The molecule has 1 heterocycles. The molecule has 0 aromatic heterocycles. The number of carbonyl (C=O) groups excluding carboxylic acids is 4. The van der Waals surface area contributed by atoms with Gasteiger partial charge >= 0.3 is 12.1 Å². The van der Waals surface area contributed by atoms with Crippen LogP contribution in [-0.4, -0.2) is 93.6 Å². The normalized spacial score (nSPS) is 18.7. The lowest BCUT2D eigenvalue weighted by molar-refractivity contribution is -0.131. The summed E-state index contributed by atoms with van der Waals surface area (Å²) in [4.78, 5) is 55.0. The number of likely N-dealkylation sites (tertiary alicyclic amines) is 1. The molecule has 0 bridgehead atoms. The fourth-order valence-electron chi connectivity index (χ4n) is 6.86. The minimum absolute atomic E-state index is 0.106. The molecule has 1 aliphatic heterocycles. The van der Waals surface area contributed by atoms with Crippen molar-refractivity contribution >= 4 is 23.9 Å². The van der Waals surface area contributed by atoms with Crippen LogP contribution in [0.4, 0.5) is 9.59 Å². The summed E-state index contributed by atoms with van der Waals surface area (Å²) in [7, 11) is 0. The first-order chi connectivity index (χ1) is 23.5. The third-order valence-electron chi connectivity index (χ3n) is 9.42. The second kappa shape index (κ2) is 19.3. The first kappa shape index (κ1) is 41.0. The van der Waals surface area contributed by atoms with Gasteiger partial charge in [-0.15, -0.1) is 0 Å². The maximum atomic E-state index is 13.9. The first-order valence-corrected chi connectivity index (χ1v) is 18.6. The number of rotatable bonds is 15. The van der Waals surface area contributed by atoms with E-state index in [1.54, 1.807) is 39.5 Å². The highest BCUT2D eigenvalue weighted by atomic mass is 16.6. The number of aliphatic hydroxyl groups excluding tert-OH is 1. The molecular weight excluding hydrogens is 638 g/mol. The van der Waals surface area contributed by atoms with Crippen LogP contribution in [0, 0.1) is 5.92 Å². The Kier molecular flexibility index (Phi) is 15.8. The van der Waals surface area contributed by atoms with Crippen molar-refractivity contribution < 1.29 is 34.1 Å². The van der Waals surface area contributed by atoms with Crippen LogP contribution in [0.3, 0.4) is 0 Å². The van der Waals surface area contributed by atoms with Gasteiger partial charge in [-0.25, -0.2) is 9.59 Å². The summed E-state index contributed by atoms with van der Waals surface area (Å²) in [6.07, 6.45) is 7.09. The predicted octanol–water partition coefficient (Wildman–Crippen LogP) is 4.56. The Balaban J connectivity index is 1.69. The molecule has 0 radical (unpaired) electrons. The molecule has 12 nitrogen and oxygen atoms in total. The SMILES string of the molecule is CCC[C@H](NC(=O)[C@H](Cc1ccccc1)NC(=O)N1CCC(NC(=O)OC(C)(C)C)CC1)C(=O)N[C@@H](CC1CCCCC1)[C@@H](O)CC(C)(C)O. The van der Waals surface area contributed by atoms with Gasteiger partial charge in [0.25, 0.3) is 0 Å². The van der Waals surface area contributed by atoms with E-state index in [1.165, 1.54) is 6.42 Å². The summed E-state index contributed by atoms with van der Waals surface area (Å²) in [5, 5.41) is 33.3. The van der Waals surface area contributed by atoms with Gasteiger partial charge in [-0.3, -0.25) is 9.59 Å². The van der Waals surface area contributed by atoms with Crippen molar-refractivity contribution in [2.45, 2.75) is 160 Å². The predicted molar refractivity (Wildman–Crippen MR) is 193 cm³/mol. The van der Waals surface area contributed by atoms with Crippen LogP contribution >= 0.6 is 0 Å². The zero-order chi connectivity index (χ0) is 36.9. The number of alkyl carbamates (subject to hydrolysis) is 1. The minimum atomic E-state index is -1.11. The zero-order valence-corrected chi connectivity index (χ0v) is 31.1. The summed E-state index contributed by atoms with van der Waals surface area (Å²) in [5.41, 5.74) is -0.865. The number of hydrogen-bond donors (Lipinski definition) is 6. The van der Waals surface area contributed by atoms with E-state index in [4.69, 9.17) is 4.74 Å². The summed E-state index contributed by atoms with van der Waals surface area (Å²) in [6, 6.07) is 6.47. The Morgan fingerprint density at radius 3 is 2.08 bits per heavy atom. The Morgan fingerprint density at radius 1 is 0.880 bits per heavy atom. The number of amides is 5. The van der Waals surface area contributed by atoms with Crippen LogP contribution in [0.25, 0.3) is 0 Å². The van der Waals surface area contributed by atoms with Gasteiger partial charge in [-0.1, -0.05) is 75.8 Å². The van der Waals surface area contributed by atoms with Gasteiger partial charge in [0.15, 0.2) is 0 Å². The smallest absolute Gasteiger partial charge is 0.407 e. The summed E-state index contributed by atoms with van der Waals surface area (Å²) < 4.78 is 5.36. The van der Waals surface area contributed by atoms with E-state index < -0.39 is 53.5 Å². The lowest BCUT2D eigenvalue weighted by atomic mass is 9.82. The van der Waals surface area contributed by atoms with Crippen molar-refractivity contribution in [3.05, 3.63) is 35.9 Å². The molecule has 4 atom stereocenters. The number of aliphatic hydroxyl groups is 2. The lowest BCUT2D eigenvalue weighted by Gasteiger charge is -2.34. The standard InChI is InChI=1S/C38H63N5O7/c1-7-14-29(33(45)41-30(32(44)25-38(5,6)49)23-26-15-10-8-11-16-26)40-34(46)31(24-27-17-12-9-13-18-27)42-35(47)43-21-19-28(20-22-43)39-36(48)50-37(2,3)4/h9,12-13,17-18,26,28-32,44,49H,7-8,10-11,14-16,19-25H2,1-6H3,(H,39,48)(H,40,46)(H,41,45)(H,42,47)/t29-,30-,31-,32-/m0/s1. The molecule has 2 aliphatic rings. The van der Waals surface area contributed by atoms with Crippen molar-refractivity contribution in [1.29, 1.82) is 0 Å². The van der Waals surface area contributed by atoms with Gasteiger partial charge in [-0.2, -0.15) is 0 Å². The van der Waals surface area contributed by atoms with Gasteiger partial charge in [-0.05, 0) is 71.8 Å². The Morgan fingerprint density at radius 2 is 1.50 bits per heavy atom. The molecule has 3 rings (SSSR count). The highest BCUT2D eigenvalue weighted by molar-refractivity contribution is 5.92. The highest BCUT2D eigenvalue weighted by Crippen LogP contribution is 2.29. The van der Waals surface area contributed by atoms with Crippen LogP contribution < -0.4 is 21.3 Å². The van der Waals surface area contributed by atoms with E-state index in [0.717, 1.165) is 31.2 Å². The minimum Gasteiger partial charge on any atom is -0.444 e. The number of benzene rings is 1. The number of piperidine rings is 1. The van der Waals surface area contributed by atoms with Crippen molar-refractivity contribution in [3.63, 3.8) is 0 Å². The molecule has 2 fully saturated rings. The molecule has 1 saturated carbocycles. The first-order valence-electron chi connectivity index (χ1n) is 18.6. The van der Waals surface area contributed by atoms with Crippen molar-refractivity contribution in [3.8, 4) is 0 Å². The quantitative estimate of drug-likeness (QED) is 0.156. The number of nitrogens with one attached hydrogen (secondary N) is 4. The van der Waals surface area contributed by atoms with Crippen LogP contribution in [0.1, 0.15) is 118 Å². The van der Waals surface area contributed by atoms with Crippen LogP contribution in [0.5, 0.6) is 0 Å². The number of carbonyl (C=O) groups is 4. The van der Waals surface area contributed by atoms with E-state index >= 15 is 0 Å². The fourth-order valence-corrected chi connectivity index (χ4v) is 6.86. The maximum absolute atomic E-state index is 13.9.